The van der Waals surface area contributed by atoms with Gasteiger partial charge >= 0.3 is 0 Å². The summed E-state index contributed by atoms with van der Waals surface area (Å²) in [6.07, 6.45) is 4.41. The van der Waals surface area contributed by atoms with E-state index in [1.807, 2.05) is 20.8 Å². The zero-order valence-electron chi connectivity index (χ0n) is 20.5. The minimum atomic E-state index is -0.618. The van der Waals surface area contributed by atoms with E-state index in [1.165, 1.54) is 0 Å². The molecule has 0 saturated carbocycles. The van der Waals surface area contributed by atoms with E-state index < -0.39 is 6.04 Å². The molecule has 0 heterocycles. The Morgan fingerprint density at radius 3 is 2.28 bits per heavy atom. The molecule has 3 N–H and O–H groups in total. The van der Waals surface area contributed by atoms with Gasteiger partial charge in [-0.1, -0.05) is 20.8 Å². The average molecular weight is 460 g/mol. The lowest BCUT2D eigenvalue weighted by Crippen LogP contribution is -2.47. The Kier molecular flexibility index (Phi) is 20.0. The molecule has 32 heavy (non-hydrogen) atoms. The number of rotatable bonds is 21. The third-order valence-corrected chi connectivity index (χ3v) is 4.59. The van der Waals surface area contributed by atoms with Crippen LogP contribution in [0.15, 0.2) is 0 Å². The van der Waals surface area contributed by atoms with E-state index in [-0.39, 0.29) is 30.1 Å². The number of carbonyl (C=O) groups excluding carboxylic acids is 3. The summed E-state index contributed by atoms with van der Waals surface area (Å²) in [5, 5.41) is 8.51. The van der Waals surface area contributed by atoms with Crippen LogP contribution in [0.1, 0.15) is 65.7 Å². The van der Waals surface area contributed by atoms with Gasteiger partial charge in [0.1, 0.15) is 6.04 Å². The third kappa shape index (κ3) is 17.9. The Morgan fingerprint density at radius 2 is 1.59 bits per heavy atom. The molecule has 3 amide bonds. The van der Waals surface area contributed by atoms with Crippen LogP contribution in [-0.2, 0) is 28.6 Å². The smallest absolute Gasteiger partial charge is 0.242 e. The van der Waals surface area contributed by atoms with Crippen LogP contribution in [0.3, 0.4) is 0 Å². The van der Waals surface area contributed by atoms with Gasteiger partial charge in [-0.05, 0) is 32.1 Å². The van der Waals surface area contributed by atoms with Gasteiger partial charge < -0.3 is 30.2 Å². The van der Waals surface area contributed by atoms with Crippen molar-refractivity contribution in [1.29, 1.82) is 0 Å². The summed E-state index contributed by atoms with van der Waals surface area (Å²) in [5.41, 5.74) is 0. The summed E-state index contributed by atoms with van der Waals surface area (Å²) in [6.45, 7) is 9.48. The number of carbonyl (C=O) groups is 3. The Bertz CT molecular complexity index is 504. The van der Waals surface area contributed by atoms with Crippen molar-refractivity contribution in [2.24, 2.45) is 5.92 Å². The monoisotopic (exact) mass is 459 g/mol. The Balaban J connectivity index is 4.38. The number of hydrogen-bond acceptors (Lipinski definition) is 6. The summed E-state index contributed by atoms with van der Waals surface area (Å²) in [6, 6.07) is -0.618. The third-order valence-electron chi connectivity index (χ3n) is 4.59. The molecule has 0 aromatic heterocycles. The fourth-order valence-electron chi connectivity index (χ4n) is 2.95. The van der Waals surface area contributed by atoms with Crippen LogP contribution < -0.4 is 16.0 Å². The van der Waals surface area contributed by atoms with Crippen molar-refractivity contribution in [3.05, 3.63) is 0 Å². The molecule has 0 rings (SSSR count). The molecule has 188 valence electrons. The first-order valence-corrected chi connectivity index (χ1v) is 11.9. The maximum absolute atomic E-state index is 12.6. The zero-order valence-corrected chi connectivity index (χ0v) is 20.5. The number of methoxy groups -OCH3 is 1. The molecule has 0 spiro atoms. The molecule has 1 unspecified atom stereocenters. The second kappa shape index (κ2) is 21.2. The van der Waals surface area contributed by atoms with Crippen molar-refractivity contribution >= 4 is 17.7 Å². The van der Waals surface area contributed by atoms with Crippen LogP contribution in [0.25, 0.3) is 0 Å². The molecule has 0 aliphatic carbocycles. The molecule has 0 aromatic rings. The molecule has 0 radical (unpaired) electrons. The SMILES string of the molecule is CCCOCCC(=O)N[C@H](CCCCNC(=O)CCC)C(=O)NCCOCC(C)COC. The van der Waals surface area contributed by atoms with E-state index >= 15 is 0 Å². The van der Waals surface area contributed by atoms with Crippen molar-refractivity contribution in [2.75, 3.05) is 53.2 Å². The molecule has 0 fully saturated rings. The molecule has 9 nitrogen and oxygen atoms in total. The standard InChI is InChI=1S/C23H45N3O6/c1-5-9-21(27)24-12-8-7-10-20(26-22(28)11-15-31-14-6-2)23(29)25-13-16-32-18-19(3)17-30-4/h19-20H,5-18H2,1-4H3,(H,24,27)(H,25,29)(H,26,28)/t19?,20-/m1/s1. The summed E-state index contributed by atoms with van der Waals surface area (Å²) < 4.78 is 16.0. The predicted octanol–water partition coefficient (Wildman–Crippen LogP) is 1.79. The van der Waals surface area contributed by atoms with Crippen LogP contribution in [0.4, 0.5) is 0 Å². The van der Waals surface area contributed by atoms with Crippen molar-refractivity contribution in [1.82, 2.24) is 16.0 Å². The van der Waals surface area contributed by atoms with Crippen molar-refractivity contribution in [3.8, 4) is 0 Å². The van der Waals surface area contributed by atoms with Gasteiger partial charge in [0.15, 0.2) is 0 Å². The second-order valence-electron chi connectivity index (χ2n) is 8.00. The fraction of sp³-hybridized carbons (Fsp3) is 0.870. The van der Waals surface area contributed by atoms with Crippen LogP contribution in [0.5, 0.6) is 0 Å². The lowest BCUT2D eigenvalue weighted by atomic mass is 10.1. The first-order chi connectivity index (χ1) is 15.4. The first-order valence-electron chi connectivity index (χ1n) is 11.9. The minimum Gasteiger partial charge on any atom is -0.384 e. The summed E-state index contributed by atoms with van der Waals surface area (Å²) in [4.78, 5) is 36.4. The van der Waals surface area contributed by atoms with Gasteiger partial charge in [0.05, 0.1) is 26.4 Å². The van der Waals surface area contributed by atoms with E-state index in [4.69, 9.17) is 14.2 Å². The molecule has 0 aliphatic heterocycles. The van der Waals surface area contributed by atoms with E-state index in [2.05, 4.69) is 16.0 Å². The van der Waals surface area contributed by atoms with Crippen LogP contribution in [0.2, 0.25) is 0 Å². The van der Waals surface area contributed by atoms with E-state index in [0.717, 1.165) is 19.3 Å². The maximum Gasteiger partial charge on any atom is 0.242 e. The van der Waals surface area contributed by atoms with E-state index in [0.29, 0.717) is 65.4 Å². The normalized spacial score (nSPS) is 12.8. The molecule has 0 bridgehead atoms. The van der Waals surface area contributed by atoms with Crippen molar-refractivity contribution < 1.29 is 28.6 Å². The number of unbranched alkanes of at least 4 members (excludes halogenated alkanes) is 1. The highest BCUT2D eigenvalue weighted by Crippen LogP contribution is 2.03. The highest BCUT2D eigenvalue weighted by atomic mass is 16.5. The number of nitrogens with one attached hydrogen (secondary N) is 3. The number of ether oxygens (including phenoxy) is 3. The fourth-order valence-corrected chi connectivity index (χ4v) is 2.95. The molecule has 0 aliphatic rings. The highest BCUT2D eigenvalue weighted by Gasteiger charge is 2.20. The first kappa shape index (κ1) is 30.3. The lowest BCUT2D eigenvalue weighted by molar-refractivity contribution is -0.129. The summed E-state index contributed by atoms with van der Waals surface area (Å²) in [5.74, 6) is -0.101. The zero-order chi connectivity index (χ0) is 24.0. The van der Waals surface area contributed by atoms with Crippen LogP contribution in [-0.4, -0.2) is 77.0 Å². The maximum atomic E-state index is 12.6. The lowest BCUT2D eigenvalue weighted by Gasteiger charge is -2.19. The van der Waals surface area contributed by atoms with Gasteiger partial charge in [-0.3, -0.25) is 14.4 Å². The van der Waals surface area contributed by atoms with Gasteiger partial charge in [0, 0.05) is 45.6 Å². The van der Waals surface area contributed by atoms with Crippen LogP contribution >= 0.6 is 0 Å². The molecule has 0 aromatic carbocycles. The molecule has 0 saturated heterocycles. The topological polar surface area (TPSA) is 115 Å². The molecule has 2 atom stereocenters. The van der Waals surface area contributed by atoms with Crippen molar-refractivity contribution in [2.45, 2.75) is 71.8 Å². The van der Waals surface area contributed by atoms with Gasteiger partial charge in [-0.15, -0.1) is 0 Å². The Morgan fingerprint density at radius 1 is 0.812 bits per heavy atom. The predicted molar refractivity (Wildman–Crippen MR) is 124 cm³/mol. The largest absolute Gasteiger partial charge is 0.384 e. The molecule has 9 heteroatoms. The highest BCUT2D eigenvalue weighted by molar-refractivity contribution is 5.87. The van der Waals surface area contributed by atoms with E-state index in [9.17, 15) is 14.4 Å². The Labute approximate surface area is 193 Å². The number of amides is 3. The molecular weight excluding hydrogens is 414 g/mol. The second-order valence-corrected chi connectivity index (χ2v) is 8.00. The Hall–Kier alpha value is -1.71. The average Bonchev–Trinajstić information content (AvgIpc) is 2.75. The van der Waals surface area contributed by atoms with Crippen LogP contribution in [0, 0.1) is 5.92 Å². The van der Waals surface area contributed by atoms with Crippen molar-refractivity contribution in [3.63, 3.8) is 0 Å². The summed E-state index contributed by atoms with van der Waals surface area (Å²) in [7, 11) is 1.65. The number of hydrogen-bond donors (Lipinski definition) is 3. The molecular formula is C23H45N3O6. The van der Waals surface area contributed by atoms with Gasteiger partial charge in [-0.2, -0.15) is 0 Å². The van der Waals surface area contributed by atoms with Gasteiger partial charge in [0.2, 0.25) is 17.7 Å². The van der Waals surface area contributed by atoms with E-state index in [1.54, 1.807) is 7.11 Å². The van der Waals surface area contributed by atoms with Gasteiger partial charge in [-0.25, -0.2) is 0 Å². The minimum absolute atomic E-state index is 0.0435. The van der Waals surface area contributed by atoms with Gasteiger partial charge in [0.25, 0.3) is 0 Å². The quantitative estimate of drug-likeness (QED) is 0.226. The summed E-state index contributed by atoms with van der Waals surface area (Å²) >= 11 is 0.